The lowest BCUT2D eigenvalue weighted by molar-refractivity contribution is -0.130. The van der Waals surface area contributed by atoms with Crippen LogP contribution in [0.2, 0.25) is 0 Å². The predicted octanol–water partition coefficient (Wildman–Crippen LogP) is 3.05. The molecular formula is C13H14BrNO2. The highest BCUT2D eigenvalue weighted by molar-refractivity contribution is 9.10. The largest absolute Gasteiger partial charge is 0.274 e. The van der Waals surface area contributed by atoms with Gasteiger partial charge < -0.3 is 0 Å². The van der Waals surface area contributed by atoms with Crippen LogP contribution < -0.4 is 4.90 Å². The fourth-order valence-electron chi connectivity index (χ4n) is 2.12. The zero-order valence-electron chi connectivity index (χ0n) is 9.87. The highest BCUT2D eigenvalue weighted by Gasteiger charge is 2.31. The normalized spacial score (nSPS) is 17.7. The van der Waals surface area contributed by atoms with Gasteiger partial charge in [-0.05, 0) is 36.6 Å². The summed E-state index contributed by atoms with van der Waals surface area (Å²) in [7, 11) is 0. The third-order valence-corrected chi connectivity index (χ3v) is 3.29. The lowest BCUT2D eigenvalue weighted by atomic mass is 9.97. The van der Waals surface area contributed by atoms with Gasteiger partial charge in [-0.1, -0.05) is 22.9 Å². The summed E-state index contributed by atoms with van der Waals surface area (Å²) in [6, 6.07) is 5.61. The molecule has 0 spiro atoms. The highest BCUT2D eigenvalue weighted by atomic mass is 79.9. The Balaban J connectivity index is 2.38. The van der Waals surface area contributed by atoms with Gasteiger partial charge in [0.05, 0.1) is 5.69 Å². The Morgan fingerprint density at radius 2 is 1.76 bits per heavy atom. The number of hydrogen-bond donors (Lipinski definition) is 0. The molecule has 2 amide bonds. The maximum atomic E-state index is 11.9. The number of carbonyl (C=O) groups excluding carboxylic acids is 2. The summed E-state index contributed by atoms with van der Waals surface area (Å²) < 4.78 is 0.881. The number of anilines is 1. The second-order valence-corrected chi connectivity index (χ2v) is 5.54. The Morgan fingerprint density at radius 3 is 2.29 bits per heavy atom. The minimum Gasteiger partial charge on any atom is -0.274 e. The van der Waals surface area contributed by atoms with Crippen molar-refractivity contribution in [2.45, 2.75) is 26.7 Å². The molecule has 1 aromatic carbocycles. The van der Waals surface area contributed by atoms with Crippen LogP contribution in [0.4, 0.5) is 5.69 Å². The zero-order valence-corrected chi connectivity index (χ0v) is 11.5. The van der Waals surface area contributed by atoms with Crippen molar-refractivity contribution in [1.29, 1.82) is 0 Å². The molecule has 0 atom stereocenters. The maximum absolute atomic E-state index is 11.9. The number of rotatable bonds is 1. The molecule has 17 heavy (non-hydrogen) atoms. The number of carbonyl (C=O) groups is 2. The van der Waals surface area contributed by atoms with E-state index in [2.05, 4.69) is 15.9 Å². The van der Waals surface area contributed by atoms with Crippen molar-refractivity contribution in [3.05, 3.63) is 28.2 Å². The molecule has 1 aromatic rings. The van der Waals surface area contributed by atoms with E-state index >= 15 is 0 Å². The van der Waals surface area contributed by atoms with Crippen molar-refractivity contribution in [2.75, 3.05) is 4.90 Å². The second kappa shape index (κ2) is 4.61. The van der Waals surface area contributed by atoms with Gasteiger partial charge in [-0.25, -0.2) is 0 Å². The van der Waals surface area contributed by atoms with E-state index in [9.17, 15) is 9.59 Å². The number of halogens is 1. The Kier molecular flexibility index (Phi) is 3.33. The van der Waals surface area contributed by atoms with E-state index in [0.717, 1.165) is 10.0 Å². The number of aryl methyl sites for hydroxylation is 1. The number of hydrogen-bond acceptors (Lipinski definition) is 2. The van der Waals surface area contributed by atoms with E-state index in [1.165, 1.54) is 4.90 Å². The molecule has 0 bridgehead atoms. The molecule has 0 radical (unpaired) electrons. The summed E-state index contributed by atoms with van der Waals surface area (Å²) in [5.41, 5.74) is 1.69. The van der Waals surface area contributed by atoms with Crippen molar-refractivity contribution in [1.82, 2.24) is 0 Å². The first-order valence-corrected chi connectivity index (χ1v) is 6.39. The third-order valence-electron chi connectivity index (χ3n) is 2.83. The van der Waals surface area contributed by atoms with Crippen molar-refractivity contribution in [2.24, 2.45) is 5.92 Å². The van der Waals surface area contributed by atoms with Crippen LogP contribution in [0, 0.1) is 12.8 Å². The molecule has 1 aliphatic heterocycles. The summed E-state index contributed by atoms with van der Waals surface area (Å²) in [5, 5.41) is 0. The van der Waals surface area contributed by atoms with Crippen molar-refractivity contribution < 1.29 is 9.59 Å². The van der Waals surface area contributed by atoms with Crippen LogP contribution in [-0.4, -0.2) is 11.8 Å². The number of benzene rings is 1. The van der Waals surface area contributed by atoms with Crippen molar-refractivity contribution in [3.63, 3.8) is 0 Å². The van der Waals surface area contributed by atoms with Gasteiger partial charge in [0.15, 0.2) is 0 Å². The van der Waals surface area contributed by atoms with Crippen molar-refractivity contribution in [3.8, 4) is 0 Å². The molecule has 1 aliphatic rings. The van der Waals surface area contributed by atoms with Crippen LogP contribution in [0.15, 0.2) is 22.7 Å². The fourth-order valence-corrected chi connectivity index (χ4v) is 2.72. The second-order valence-electron chi connectivity index (χ2n) is 4.62. The van der Waals surface area contributed by atoms with Gasteiger partial charge in [0.25, 0.3) is 0 Å². The molecule has 1 heterocycles. The summed E-state index contributed by atoms with van der Waals surface area (Å²) in [6.07, 6.45) is 0.884. The first-order chi connectivity index (χ1) is 7.97. The molecule has 4 heteroatoms. The smallest absolute Gasteiger partial charge is 0.234 e. The summed E-state index contributed by atoms with van der Waals surface area (Å²) in [4.78, 5) is 25.2. The number of amides is 2. The van der Waals surface area contributed by atoms with Crippen LogP contribution in [0.5, 0.6) is 0 Å². The van der Waals surface area contributed by atoms with Gasteiger partial charge in [0, 0.05) is 17.3 Å². The molecular weight excluding hydrogens is 282 g/mol. The minimum atomic E-state index is -0.105. The molecule has 0 aromatic heterocycles. The average Bonchev–Trinajstić information content (AvgIpc) is 2.13. The third kappa shape index (κ3) is 2.57. The first-order valence-electron chi connectivity index (χ1n) is 5.60. The molecule has 0 aliphatic carbocycles. The summed E-state index contributed by atoms with van der Waals surface area (Å²) >= 11 is 3.38. The minimum absolute atomic E-state index is 0.105. The van der Waals surface area contributed by atoms with Gasteiger partial charge in [-0.3, -0.25) is 14.5 Å². The molecule has 0 saturated carbocycles. The summed E-state index contributed by atoms with van der Waals surface area (Å²) in [5.74, 6) is -0.0583. The van der Waals surface area contributed by atoms with Crippen LogP contribution in [0.25, 0.3) is 0 Å². The monoisotopic (exact) mass is 295 g/mol. The number of piperidine rings is 1. The topological polar surface area (TPSA) is 37.4 Å². The lowest BCUT2D eigenvalue weighted by Crippen LogP contribution is -2.42. The molecule has 3 nitrogen and oxygen atoms in total. The lowest BCUT2D eigenvalue weighted by Gasteiger charge is -2.28. The molecule has 1 saturated heterocycles. The SMILES string of the molecule is Cc1cc(Br)cc(N2C(=O)CC(C)CC2=O)c1. The van der Waals surface area contributed by atoms with E-state index in [1.807, 2.05) is 26.0 Å². The van der Waals surface area contributed by atoms with E-state index in [-0.39, 0.29) is 17.7 Å². The molecule has 0 N–H and O–H groups in total. The molecule has 2 rings (SSSR count). The maximum Gasteiger partial charge on any atom is 0.234 e. The average molecular weight is 296 g/mol. The van der Waals surface area contributed by atoms with Gasteiger partial charge in [-0.2, -0.15) is 0 Å². The Labute approximate surface area is 109 Å². The zero-order chi connectivity index (χ0) is 12.6. The Bertz CT molecular complexity index is 446. The van der Waals surface area contributed by atoms with E-state index in [0.29, 0.717) is 18.5 Å². The van der Waals surface area contributed by atoms with E-state index in [1.54, 1.807) is 6.07 Å². The molecule has 1 fully saturated rings. The van der Waals surface area contributed by atoms with Crippen LogP contribution in [0.3, 0.4) is 0 Å². The number of imide groups is 1. The van der Waals surface area contributed by atoms with Gasteiger partial charge >= 0.3 is 0 Å². The Hall–Kier alpha value is -1.16. The van der Waals surface area contributed by atoms with Crippen LogP contribution in [0.1, 0.15) is 25.3 Å². The van der Waals surface area contributed by atoms with E-state index in [4.69, 9.17) is 0 Å². The van der Waals surface area contributed by atoms with Crippen LogP contribution in [-0.2, 0) is 9.59 Å². The van der Waals surface area contributed by atoms with Crippen molar-refractivity contribution >= 4 is 33.4 Å². The highest BCUT2D eigenvalue weighted by Crippen LogP contribution is 2.28. The molecule has 0 unspecified atom stereocenters. The summed E-state index contributed by atoms with van der Waals surface area (Å²) in [6.45, 7) is 3.87. The number of nitrogens with zero attached hydrogens (tertiary/aromatic N) is 1. The van der Waals surface area contributed by atoms with E-state index < -0.39 is 0 Å². The Morgan fingerprint density at radius 1 is 1.18 bits per heavy atom. The fraction of sp³-hybridized carbons (Fsp3) is 0.385. The van der Waals surface area contributed by atoms with Gasteiger partial charge in [0.2, 0.25) is 11.8 Å². The predicted molar refractivity (Wildman–Crippen MR) is 69.8 cm³/mol. The van der Waals surface area contributed by atoms with Crippen LogP contribution >= 0.6 is 15.9 Å². The van der Waals surface area contributed by atoms with Gasteiger partial charge in [0.1, 0.15) is 0 Å². The first kappa shape index (κ1) is 12.3. The quantitative estimate of drug-likeness (QED) is 0.747. The standard InChI is InChI=1S/C13H14BrNO2/c1-8-3-10(14)7-11(4-8)15-12(16)5-9(2)6-13(15)17/h3-4,7,9H,5-6H2,1-2H3. The molecule has 90 valence electrons. The van der Waals surface area contributed by atoms with Gasteiger partial charge in [-0.15, -0.1) is 0 Å².